The fourth-order valence-electron chi connectivity index (χ4n) is 4.54. The number of likely N-dealkylation sites (tertiary alicyclic amines) is 1. The Balaban J connectivity index is 1.69. The van der Waals surface area contributed by atoms with E-state index in [1.807, 2.05) is 6.07 Å². The molecule has 3 aliphatic rings. The summed E-state index contributed by atoms with van der Waals surface area (Å²) in [5, 5.41) is 12.5. The Morgan fingerprint density at radius 3 is 2.83 bits per heavy atom. The van der Waals surface area contributed by atoms with E-state index in [0.29, 0.717) is 6.61 Å². The molecule has 2 aliphatic heterocycles. The maximum Gasteiger partial charge on any atom is 0.237 e. The Morgan fingerprint density at radius 2 is 2.13 bits per heavy atom. The van der Waals surface area contributed by atoms with Gasteiger partial charge in [0.15, 0.2) is 0 Å². The maximum atomic E-state index is 13.5. The number of nitriles is 1. The summed E-state index contributed by atoms with van der Waals surface area (Å²) in [5.74, 6) is -0.193. The average molecular weight is 323 g/mol. The number of fused-ring (bicyclic) bond motifs is 2. The first-order valence-corrected chi connectivity index (χ1v) is 8.41. The van der Waals surface area contributed by atoms with Crippen LogP contribution in [0, 0.1) is 22.2 Å². The van der Waals surface area contributed by atoms with E-state index in [9.17, 15) is 9.18 Å². The Hall–Kier alpha value is -1.19. The van der Waals surface area contributed by atoms with Crippen molar-refractivity contribution in [2.45, 2.75) is 57.8 Å². The molecule has 0 spiro atoms. The smallest absolute Gasteiger partial charge is 0.237 e. The summed E-state index contributed by atoms with van der Waals surface area (Å²) in [7, 11) is 0. The number of rotatable bonds is 3. The molecule has 0 aromatic heterocycles. The summed E-state index contributed by atoms with van der Waals surface area (Å²) in [6, 6.07) is 1.39. The molecule has 4 atom stereocenters. The lowest BCUT2D eigenvalue weighted by molar-refractivity contribution is -0.135. The van der Waals surface area contributed by atoms with Crippen molar-refractivity contribution in [1.29, 1.82) is 5.26 Å². The van der Waals surface area contributed by atoms with Gasteiger partial charge in [0.2, 0.25) is 5.91 Å². The lowest BCUT2D eigenvalue weighted by atomic mass is 9.61. The third-order valence-electron chi connectivity index (χ3n) is 6.88. The van der Waals surface area contributed by atoms with Crippen LogP contribution < -0.4 is 5.32 Å². The Bertz CT molecular complexity index is 546. The highest BCUT2D eigenvalue weighted by molar-refractivity contribution is 5.79. The van der Waals surface area contributed by atoms with Crippen molar-refractivity contribution in [2.75, 3.05) is 26.3 Å². The van der Waals surface area contributed by atoms with Gasteiger partial charge in [-0.05, 0) is 23.7 Å². The molecule has 1 N–H and O–H groups in total. The zero-order chi connectivity index (χ0) is 16.9. The van der Waals surface area contributed by atoms with Crippen molar-refractivity contribution in [1.82, 2.24) is 10.2 Å². The number of nitrogens with zero attached hydrogens (tertiary/aromatic N) is 2. The molecule has 1 saturated carbocycles. The van der Waals surface area contributed by atoms with Crippen LogP contribution in [0.2, 0.25) is 0 Å². The predicted octanol–water partition coefficient (Wildman–Crippen LogP) is 1.63. The molecule has 0 aromatic carbocycles. The molecule has 6 heteroatoms. The van der Waals surface area contributed by atoms with Gasteiger partial charge in [-0.25, -0.2) is 4.39 Å². The summed E-state index contributed by atoms with van der Waals surface area (Å²) < 4.78 is 19.3. The van der Waals surface area contributed by atoms with Gasteiger partial charge < -0.3 is 15.0 Å². The second-order valence-corrected chi connectivity index (χ2v) is 8.14. The molecule has 0 radical (unpaired) electrons. The first-order chi connectivity index (χ1) is 10.7. The minimum atomic E-state index is -1.09. The quantitative estimate of drug-likeness (QED) is 0.857. The van der Waals surface area contributed by atoms with E-state index in [1.165, 1.54) is 4.90 Å². The Kier molecular flexibility index (Phi) is 3.93. The lowest BCUT2D eigenvalue weighted by Crippen LogP contribution is -2.64. The Morgan fingerprint density at radius 1 is 1.39 bits per heavy atom. The van der Waals surface area contributed by atoms with E-state index in [4.69, 9.17) is 10.00 Å². The summed E-state index contributed by atoms with van der Waals surface area (Å²) in [6.45, 7) is 8.24. The van der Waals surface area contributed by atoms with E-state index in [-0.39, 0.29) is 41.8 Å². The van der Waals surface area contributed by atoms with Crippen LogP contribution in [0.15, 0.2) is 0 Å². The number of amides is 1. The van der Waals surface area contributed by atoms with Gasteiger partial charge in [-0.2, -0.15) is 5.26 Å². The summed E-state index contributed by atoms with van der Waals surface area (Å²) >= 11 is 0. The average Bonchev–Trinajstić information content (AvgIpc) is 2.88. The normalized spacial score (nSPS) is 41.8. The highest BCUT2D eigenvalue weighted by atomic mass is 19.1. The summed E-state index contributed by atoms with van der Waals surface area (Å²) in [4.78, 5) is 13.8. The van der Waals surface area contributed by atoms with E-state index in [1.54, 1.807) is 0 Å². The van der Waals surface area contributed by atoms with Gasteiger partial charge in [-0.1, -0.05) is 20.8 Å². The van der Waals surface area contributed by atoms with Gasteiger partial charge in [0.1, 0.15) is 12.2 Å². The second kappa shape index (κ2) is 5.42. The van der Waals surface area contributed by atoms with Crippen molar-refractivity contribution < 1.29 is 13.9 Å². The molecule has 0 aromatic rings. The van der Waals surface area contributed by atoms with Crippen LogP contribution in [0.25, 0.3) is 0 Å². The van der Waals surface area contributed by atoms with Gasteiger partial charge in [0.05, 0.1) is 32.4 Å². The molecule has 23 heavy (non-hydrogen) atoms. The van der Waals surface area contributed by atoms with Crippen LogP contribution in [0.4, 0.5) is 4.39 Å². The molecule has 2 bridgehead atoms. The van der Waals surface area contributed by atoms with Crippen LogP contribution in [0.3, 0.4) is 0 Å². The molecule has 128 valence electrons. The zero-order valence-electron chi connectivity index (χ0n) is 14.2. The molecule has 2 heterocycles. The first-order valence-electron chi connectivity index (χ1n) is 8.41. The van der Waals surface area contributed by atoms with Crippen LogP contribution in [-0.4, -0.2) is 54.9 Å². The van der Waals surface area contributed by atoms with Crippen LogP contribution in [-0.2, 0) is 9.53 Å². The van der Waals surface area contributed by atoms with Crippen LogP contribution in [0.5, 0.6) is 0 Å². The number of nitrogens with one attached hydrogen (secondary N) is 1. The zero-order valence-corrected chi connectivity index (χ0v) is 14.2. The topological polar surface area (TPSA) is 65.4 Å². The van der Waals surface area contributed by atoms with Crippen molar-refractivity contribution in [2.24, 2.45) is 10.8 Å². The molecule has 1 aliphatic carbocycles. The molecule has 0 unspecified atom stereocenters. The number of hydrogen-bond acceptors (Lipinski definition) is 4. The third-order valence-corrected chi connectivity index (χ3v) is 6.88. The monoisotopic (exact) mass is 323 g/mol. The van der Waals surface area contributed by atoms with Gasteiger partial charge in [0, 0.05) is 12.0 Å². The summed E-state index contributed by atoms with van der Waals surface area (Å²) in [6.07, 6.45) is 1.07. The second-order valence-electron chi connectivity index (χ2n) is 8.14. The lowest BCUT2D eigenvalue weighted by Gasteiger charge is -2.53. The number of carbonyl (C=O) groups excluding carboxylic acids is 1. The molecule has 5 nitrogen and oxygen atoms in total. The highest BCUT2D eigenvalue weighted by Crippen LogP contribution is 2.60. The fourth-order valence-corrected chi connectivity index (χ4v) is 4.54. The van der Waals surface area contributed by atoms with E-state index >= 15 is 0 Å². The number of ether oxygens (including phenoxy) is 1. The highest BCUT2D eigenvalue weighted by Gasteiger charge is 2.63. The molecule has 3 rings (SSSR count). The molecule has 2 saturated heterocycles. The molecular formula is C17H26FN3O2. The minimum Gasteiger partial charge on any atom is -0.379 e. The standard InChI is InChI=1S/C17H26FN3O2/c1-15(2)16(3)4-5-17(15,11-23-10-16)20-8-14(22)21-9-12(18)6-13(21)7-19/h12-13,20H,4-6,8-11H2,1-3H3/t12-,13-,16-,17-/m0/s1. The maximum absolute atomic E-state index is 13.5. The van der Waals surface area contributed by atoms with Crippen molar-refractivity contribution in [3.8, 4) is 6.07 Å². The predicted molar refractivity (Wildman–Crippen MR) is 83.3 cm³/mol. The van der Waals surface area contributed by atoms with Crippen LogP contribution >= 0.6 is 0 Å². The minimum absolute atomic E-state index is 0.0147. The van der Waals surface area contributed by atoms with E-state index in [2.05, 4.69) is 26.1 Å². The van der Waals surface area contributed by atoms with Gasteiger partial charge in [-0.15, -0.1) is 0 Å². The molecular weight excluding hydrogens is 297 g/mol. The number of hydrogen-bond donors (Lipinski definition) is 1. The van der Waals surface area contributed by atoms with E-state index in [0.717, 1.165) is 19.4 Å². The van der Waals surface area contributed by atoms with Crippen molar-refractivity contribution in [3.05, 3.63) is 0 Å². The van der Waals surface area contributed by atoms with Crippen LogP contribution in [0.1, 0.15) is 40.0 Å². The van der Waals surface area contributed by atoms with Gasteiger partial charge in [-0.3, -0.25) is 4.79 Å². The van der Waals surface area contributed by atoms with E-state index < -0.39 is 12.2 Å². The fraction of sp³-hybridized carbons (Fsp3) is 0.882. The molecule has 3 fully saturated rings. The summed E-state index contributed by atoms with van der Waals surface area (Å²) in [5.41, 5.74) is -0.110. The van der Waals surface area contributed by atoms with Gasteiger partial charge >= 0.3 is 0 Å². The SMILES string of the molecule is CC1(C)[C@@]2(C)CC[C@]1(NCC(=O)N1C[C@@H](F)C[C@H]1C#N)COC2. The number of halogens is 1. The van der Waals surface area contributed by atoms with Gasteiger partial charge in [0.25, 0.3) is 0 Å². The number of alkyl halides is 1. The third kappa shape index (κ3) is 2.36. The largest absolute Gasteiger partial charge is 0.379 e. The van der Waals surface area contributed by atoms with Crippen molar-refractivity contribution in [3.63, 3.8) is 0 Å². The Labute approximate surface area is 137 Å². The van der Waals surface area contributed by atoms with Crippen molar-refractivity contribution >= 4 is 5.91 Å². The molecule has 1 amide bonds. The number of carbonyl (C=O) groups is 1. The first kappa shape index (κ1) is 16.7.